The number of rotatable bonds is 7. The van der Waals surface area contributed by atoms with Crippen LogP contribution in [0.15, 0.2) is 60.7 Å². The van der Waals surface area contributed by atoms with Gasteiger partial charge in [-0.15, -0.1) is 0 Å². The molecule has 0 spiro atoms. The largest absolute Gasteiger partial charge is 0.460 e. The van der Waals surface area contributed by atoms with Crippen LogP contribution in [0.2, 0.25) is 0 Å². The smallest absolute Gasteiger partial charge is 0.393 e. The number of hydrogen-bond acceptors (Lipinski definition) is 5. The van der Waals surface area contributed by atoms with Gasteiger partial charge in [-0.25, -0.2) is 0 Å². The van der Waals surface area contributed by atoms with Gasteiger partial charge in [-0.3, -0.25) is 9.35 Å². The van der Waals surface area contributed by atoms with Crippen LogP contribution in [0.5, 0.6) is 0 Å². The van der Waals surface area contributed by atoms with Gasteiger partial charge in [0, 0.05) is 5.56 Å². The average Bonchev–Trinajstić information content (AvgIpc) is 2.78. The molecule has 35 heavy (non-hydrogen) atoms. The lowest BCUT2D eigenvalue weighted by molar-refractivity contribution is -0.382. The van der Waals surface area contributed by atoms with Crippen molar-refractivity contribution in [2.75, 3.05) is 6.61 Å². The number of benzene rings is 2. The van der Waals surface area contributed by atoms with E-state index in [0.717, 1.165) is 0 Å². The monoisotopic (exact) mass is 542 g/mol. The summed E-state index contributed by atoms with van der Waals surface area (Å²) in [6.45, 7) is -0.648. The van der Waals surface area contributed by atoms with Gasteiger partial charge in [0.25, 0.3) is 0 Å². The highest BCUT2D eigenvalue weighted by Crippen LogP contribution is 2.54. The normalized spacial score (nSPS) is 15.0. The Kier molecular flexibility index (Phi) is 8.77. The van der Waals surface area contributed by atoms with Gasteiger partial charge in [0.1, 0.15) is 0 Å². The van der Waals surface area contributed by atoms with Crippen LogP contribution in [0.3, 0.4) is 0 Å². The van der Waals surface area contributed by atoms with Crippen molar-refractivity contribution in [2.24, 2.45) is 0 Å². The highest BCUT2D eigenvalue weighted by Gasteiger charge is 2.85. The number of aliphatic hydroxyl groups is 2. The Bertz CT molecular complexity index is 1110. The van der Waals surface area contributed by atoms with Gasteiger partial charge in [-0.05, 0) is 5.56 Å². The Hall–Kier alpha value is -2.69. The Balaban J connectivity index is 0.000000351. The Morgan fingerprint density at radius 2 is 1.14 bits per heavy atom. The summed E-state index contributed by atoms with van der Waals surface area (Å²) in [5.41, 5.74) is -1.12. The lowest BCUT2D eigenvalue weighted by Crippen LogP contribution is -2.63. The number of carbonyl (C=O) groups excluding carboxylic acids is 1. The van der Waals surface area contributed by atoms with E-state index in [2.05, 4.69) is 0 Å². The first kappa shape index (κ1) is 30.3. The van der Waals surface area contributed by atoms with Crippen molar-refractivity contribution in [3.8, 4) is 0 Å². The van der Waals surface area contributed by atoms with Crippen LogP contribution in [-0.2, 0) is 15.7 Å². The first-order valence-corrected chi connectivity index (χ1v) is 10.3. The minimum atomic E-state index is -7.37. The number of aliphatic hydroxyl groups excluding tert-OH is 1. The van der Waals surface area contributed by atoms with Crippen LogP contribution >= 0.6 is 0 Å². The summed E-state index contributed by atoms with van der Waals surface area (Å²) in [5.74, 6) is -15.2. The van der Waals surface area contributed by atoms with Crippen molar-refractivity contribution in [3.05, 3.63) is 71.8 Å². The van der Waals surface area contributed by atoms with Crippen LogP contribution in [0, 0.1) is 0 Å². The Morgan fingerprint density at radius 1 is 0.743 bits per heavy atom. The van der Waals surface area contributed by atoms with Gasteiger partial charge in [0.15, 0.2) is 5.60 Å². The van der Waals surface area contributed by atoms with Crippen molar-refractivity contribution in [3.63, 3.8) is 0 Å². The molecule has 16 heteroatoms. The molecule has 0 fully saturated rings. The van der Waals surface area contributed by atoms with Crippen molar-refractivity contribution in [1.29, 1.82) is 0 Å². The summed E-state index contributed by atoms with van der Waals surface area (Å²) >= 11 is 0. The molecule has 0 amide bonds. The van der Waals surface area contributed by atoms with E-state index in [1.54, 1.807) is 60.7 Å². The first-order chi connectivity index (χ1) is 15.7. The Morgan fingerprint density at radius 3 is 1.49 bits per heavy atom. The van der Waals surface area contributed by atoms with Crippen LogP contribution in [-0.4, -0.2) is 58.8 Å². The van der Waals surface area contributed by atoms with Gasteiger partial charge >= 0.3 is 33.4 Å². The Labute approximate surface area is 191 Å². The van der Waals surface area contributed by atoms with Crippen LogP contribution in [0.1, 0.15) is 15.9 Å². The second-order valence-corrected chi connectivity index (χ2v) is 8.18. The highest BCUT2D eigenvalue weighted by atomic mass is 32.2. The molecule has 0 aliphatic carbocycles. The van der Waals surface area contributed by atoms with Crippen molar-refractivity contribution in [2.45, 2.75) is 28.9 Å². The maximum absolute atomic E-state index is 12.3. The number of carbonyl (C=O) groups is 1. The van der Waals surface area contributed by atoms with Crippen LogP contribution in [0.4, 0.5) is 39.5 Å². The van der Waals surface area contributed by atoms with Gasteiger partial charge in [0.05, 0.1) is 6.61 Å². The first-order valence-electron chi connectivity index (χ1n) is 8.84. The molecule has 0 aliphatic rings. The van der Waals surface area contributed by atoms with Gasteiger partial charge in [-0.2, -0.15) is 47.9 Å². The molecule has 2 rings (SSSR count). The number of halogens is 9. The molecule has 0 heterocycles. The minimum Gasteiger partial charge on any atom is -0.393 e. The van der Waals surface area contributed by atoms with Crippen molar-refractivity contribution >= 4 is 15.9 Å². The minimum absolute atomic E-state index is 0.373. The van der Waals surface area contributed by atoms with E-state index in [-0.39, 0.29) is 0 Å². The standard InChI is InChI=1S/C15H14O3.C4HF9O3S/c16-11-15(18,13-9-5-2-6-10-13)14(17)12-7-3-1-4-8-12;5-1(6,3(9,10)11)2(7,8)4(12,13)17(14,15)16/h1-10,16,18H,11H2;(H,14,15,16). The molecule has 0 saturated carbocycles. The molecule has 0 aromatic heterocycles. The van der Waals surface area contributed by atoms with E-state index in [4.69, 9.17) is 4.55 Å². The predicted molar refractivity (Wildman–Crippen MR) is 101 cm³/mol. The van der Waals surface area contributed by atoms with Crippen molar-refractivity contribution in [1.82, 2.24) is 0 Å². The van der Waals surface area contributed by atoms with Crippen LogP contribution in [0.25, 0.3) is 0 Å². The van der Waals surface area contributed by atoms with E-state index in [1.807, 2.05) is 0 Å². The third-order valence-electron chi connectivity index (χ3n) is 4.33. The predicted octanol–water partition coefficient (Wildman–Crippen LogP) is 4.05. The van der Waals surface area contributed by atoms with E-state index in [1.165, 1.54) is 0 Å². The second kappa shape index (κ2) is 10.1. The molecular formula is C19H15F9O6S. The zero-order valence-electron chi connectivity index (χ0n) is 16.9. The summed E-state index contributed by atoms with van der Waals surface area (Å²) in [4.78, 5) is 12.3. The topological polar surface area (TPSA) is 112 Å². The van der Waals surface area contributed by atoms with Crippen LogP contribution < -0.4 is 0 Å². The number of Topliss-reactive ketones (excluding diaryl/α,β-unsaturated/α-hetero) is 1. The number of ketones is 1. The van der Waals surface area contributed by atoms with E-state index in [0.29, 0.717) is 11.1 Å². The fourth-order valence-corrected chi connectivity index (χ4v) is 2.81. The second-order valence-electron chi connectivity index (χ2n) is 6.72. The highest BCUT2D eigenvalue weighted by molar-refractivity contribution is 7.87. The number of alkyl halides is 9. The molecule has 1 unspecified atom stereocenters. The molecule has 196 valence electrons. The molecule has 0 radical (unpaired) electrons. The zero-order valence-corrected chi connectivity index (χ0v) is 17.7. The van der Waals surface area contributed by atoms with E-state index >= 15 is 0 Å². The fraction of sp³-hybridized carbons (Fsp3) is 0.316. The van der Waals surface area contributed by atoms with Gasteiger partial charge < -0.3 is 10.2 Å². The van der Waals surface area contributed by atoms with Crippen molar-refractivity contribution < 1.29 is 67.5 Å². The molecular weight excluding hydrogens is 527 g/mol. The quantitative estimate of drug-likeness (QED) is 0.277. The van der Waals surface area contributed by atoms with Gasteiger partial charge in [0.2, 0.25) is 5.78 Å². The molecule has 2 aromatic carbocycles. The van der Waals surface area contributed by atoms with Gasteiger partial charge in [-0.1, -0.05) is 60.7 Å². The maximum atomic E-state index is 12.3. The molecule has 0 aliphatic heterocycles. The molecule has 2 aromatic rings. The number of hydrogen-bond donors (Lipinski definition) is 3. The zero-order chi connectivity index (χ0) is 27.5. The summed E-state index contributed by atoms with van der Waals surface area (Å²) < 4.78 is 134. The molecule has 0 bridgehead atoms. The van der Waals surface area contributed by atoms with E-state index < -0.39 is 51.4 Å². The molecule has 0 saturated heterocycles. The summed E-state index contributed by atoms with van der Waals surface area (Å²) in [5, 5.41) is 12.8. The lowest BCUT2D eigenvalue weighted by atomic mass is 9.87. The fourth-order valence-electron chi connectivity index (χ4n) is 2.36. The summed E-state index contributed by atoms with van der Waals surface area (Å²) in [7, 11) is -7.17. The average molecular weight is 542 g/mol. The van der Waals surface area contributed by atoms with E-state index in [9.17, 15) is 62.9 Å². The molecule has 1 atom stereocenters. The third kappa shape index (κ3) is 5.76. The summed E-state index contributed by atoms with van der Waals surface area (Å²) in [6.07, 6.45) is -7.13. The lowest BCUT2D eigenvalue weighted by Gasteiger charge is -2.31. The maximum Gasteiger partial charge on any atom is 0.460 e. The molecule has 6 nitrogen and oxygen atoms in total. The SMILES string of the molecule is O=C(c1ccccc1)C(O)(CO)c1ccccc1.O=S(=O)(O)C(F)(F)C(F)(F)C(F)(F)C(F)(F)F. The summed E-state index contributed by atoms with van der Waals surface area (Å²) in [6, 6.07) is 16.9. The third-order valence-corrected chi connectivity index (χ3v) is 5.24. The molecule has 3 N–H and O–H groups in total.